The third-order valence-corrected chi connectivity index (χ3v) is 1.20. The van der Waals surface area contributed by atoms with Crippen LogP contribution in [-0.2, 0) is 0 Å². The van der Waals surface area contributed by atoms with Crippen molar-refractivity contribution in [3.8, 4) is 5.75 Å². The van der Waals surface area contributed by atoms with Crippen LogP contribution in [0.3, 0.4) is 0 Å². The first-order chi connectivity index (χ1) is 5.88. The maximum absolute atomic E-state index is 12.4. The Hall–Kier alpha value is -0.970. The molecule has 1 aromatic carbocycles. The number of alkyl halides is 3. The van der Waals surface area contributed by atoms with Gasteiger partial charge in [-0.3, -0.25) is 0 Å². The molecule has 0 amide bonds. The molecule has 0 N–H and O–H groups in total. The Morgan fingerprint density at radius 3 is 2.23 bits per heavy atom. The molecule has 6 heteroatoms. The van der Waals surface area contributed by atoms with E-state index in [0.29, 0.717) is 12.1 Å². The first-order valence-corrected chi connectivity index (χ1v) is 3.47. The van der Waals surface area contributed by atoms with Crippen molar-refractivity contribution in [2.75, 3.05) is 0 Å². The SMILES string of the molecule is Fc1ccc(OC(F)(F)Cl)cc1F. The van der Waals surface area contributed by atoms with E-state index in [0.717, 1.165) is 6.07 Å². The quantitative estimate of drug-likeness (QED) is 0.543. The van der Waals surface area contributed by atoms with Gasteiger partial charge in [0.25, 0.3) is 0 Å². The number of benzene rings is 1. The molecule has 72 valence electrons. The molecule has 1 aromatic rings. The minimum atomic E-state index is -3.93. The van der Waals surface area contributed by atoms with E-state index in [1.807, 2.05) is 0 Å². The Labute approximate surface area is 75.9 Å². The van der Waals surface area contributed by atoms with E-state index in [2.05, 4.69) is 16.3 Å². The molecule has 0 heterocycles. The fourth-order valence-electron chi connectivity index (χ4n) is 0.674. The van der Waals surface area contributed by atoms with Crippen LogP contribution in [-0.4, -0.2) is 5.57 Å². The Morgan fingerprint density at radius 2 is 1.77 bits per heavy atom. The molecular weight excluding hydrogens is 212 g/mol. The summed E-state index contributed by atoms with van der Waals surface area (Å²) >= 11 is 4.39. The Morgan fingerprint density at radius 1 is 1.15 bits per heavy atom. The molecule has 0 atom stereocenters. The smallest absolute Gasteiger partial charge is 0.420 e. The predicted molar refractivity (Wildman–Crippen MR) is 37.8 cm³/mol. The number of hydrogen-bond donors (Lipinski definition) is 0. The minimum absolute atomic E-state index is 0.478. The highest BCUT2D eigenvalue weighted by Gasteiger charge is 2.27. The molecule has 1 rings (SSSR count). The highest BCUT2D eigenvalue weighted by atomic mass is 35.5. The molecule has 0 spiro atoms. The van der Waals surface area contributed by atoms with Crippen molar-refractivity contribution in [2.45, 2.75) is 5.57 Å². The van der Waals surface area contributed by atoms with Crippen LogP contribution in [0.15, 0.2) is 18.2 Å². The molecule has 1 nitrogen and oxygen atoms in total. The van der Waals surface area contributed by atoms with Crippen molar-refractivity contribution in [1.29, 1.82) is 0 Å². The van der Waals surface area contributed by atoms with Gasteiger partial charge in [0.1, 0.15) is 5.75 Å². The third kappa shape index (κ3) is 3.10. The van der Waals surface area contributed by atoms with Crippen molar-refractivity contribution in [3.63, 3.8) is 0 Å². The van der Waals surface area contributed by atoms with Crippen LogP contribution in [0.4, 0.5) is 17.6 Å². The summed E-state index contributed by atoms with van der Waals surface area (Å²) in [6, 6.07) is 1.98. The number of hydrogen-bond acceptors (Lipinski definition) is 1. The summed E-state index contributed by atoms with van der Waals surface area (Å²) in [6.07, 6.45) is 0. The van der Waals surface area contributed by atoms with Gasteiger partial charge in [0.05, 0.1) is 0 Å². The van der Waals surface area contributed by atoms with E-state index >= 15 is 0 Å². The van der Waals surface area contributed by atoms with Gasteiger partial charge in [-0.05, 0) is 12.1 Å². The lowest BCUT2D eigenvalue weighted by atomic mass is 10.3. The van der Waals surface area contributed by atoms with Gasteiger partial charge >= 0.3 is 5.57 Å². The summed E-state index contributed by atoms with van der Waals surface area (Å²) in [5.41, 5.74) is -3.93. The molecule has 0 fully saturated rings. The summed E-state index contributed by atoms with van der Waals surface area (Å²) in [7, 11) is 0. The van der Waals surface area contributed by atoms with Crippen LogP contribution in [0.1, 0.15) is 0 Å². The fraction of sp³-hybridized carbons (Fsp3) is 0.143. The van der Waals surface area contributed by atoms with E-state index in [4.69, 9.17) is 0 Å². The molecule has 0 saturated carbocycles. The standard InChI is InChI=1S/C7H3ClF4O/c8-7(11,12)13-4-1-2-5(9)6(10)3-4/h1-3H. The monoisotopic (exact) mass is 214 g/mol. The lowest BCUT2D eigenvalue weighted by Crippen LogP contribution is -2.15. The highest BCUT2D eigenvalue weighted by molar-refractivity contribution is 6.20. The highest BCUT2D eigenvalue weighted by Crippen LogP contribution is 2.25. The van der Waals surface area contributed by atoms with Crippen molar-refractivity contribution < 1.29 is 22.3 Å². The molecule has 0 bridgehead atoms. The molecule has 0 aromatic heterocycles. The molecule has 0 radical (unpaired) electrons. The van der Waals surface area contributed by atoms with Crippen LogP contribution in [0, 0.1) is 11.6 Å². The van der Waals surface area contributed by atoms with Crippen molar-refractivity contribution in [1.82, 2.24) is 0 Å². The van der Waals surface area contributed by atoms with Crippen LogP contribution in [0.2, 0.25) is 0 Å². The molecule has 0 aliphatic carbocycles. The zero-order valence-corrected chi connectivity index (χ0v) is 6.79. The van der Waals surface area contributed by atoms with Crippen molar-refractivity contribution in [3.05, 3.63) is 29.8 Å². The summed E-state index contributed by atoms with van der Waals surface area (Å²) in [6.45, 7) is 0. The van der Waals surface area contributed by atoms with Gasteiger partial charge in [-0.1, -0.05) is 0 Å². The maximum atomic E-state index is 12.4. The van der Waals surface area contributed by atoms with Gasteiger partial charge in [-0.2, -0.15) is 0 Å². The van der Waals surface area contributed by atoms with Gasteiger partial charge in [0.2, 0.25) is 0 Å². The molecule has 0 unspecified atom stereocenters. The molecule has 0 aliphatic rings. The molecule has 0 saturated heterocycles. The second kappa shape index (κ2) is 3.41. The maximum Gasteiger partial charge on any atom is 0.487 e. The predicted octanol–water partition coefficient (Wildman–Crippen LogP) is 3.13. The molecule has 13 heavy (non-hydrogen) atoms. The summed E-state index contributed by atoms with van der Waals surface area (Å²) in [5.74, 6) is -2.97. The van der Waals surface area contributed by atoms with Gasteiger partial charge in [0.15, 0.2) is 11.6 Å². The molecular formula is C7H3ClF4O. The largest absolute Gasteiger partial charge is 0.487 e. The second-order valence-electron chi connectivity index (χ2n) is 2.12. The van der Waals surface area contributed by atoms with Crippen molar-refractivity contribution in [2.24, 2.45) is 0 Å². The van der Waals surface area contributed by atoms with Crippen LogP contribution in [0.5, 0.6) is 5.75 Å². The van der Waals surface area contributed by atoms with Crippen LogP contribution >= 0.6 is 11.6 Å². The number of rotatable bonds is 2. The van der Waals surface area contributed by atoms with Gasteiger partial charge in [0, 0.05) is 17.7 Å². The lowest BCUT2D eigenvalue weighted by Gasteiger charge is -2.09. The van der Waals surface area contributed by atoms with Gasteiger partial charge < -0.3 is 4.74 Å². The average molecular weight is 215 g/mol. The van der Waals surface area contributed by atoms with Gasteiger partial charge in [-0.25, -0.2) is 8.78 Å². The van der Waals surface area contributed by atoms with E-state index < -0.39 is 23.0 Å². The van der Waals surface area contributed by atoms with E-state index in [1.54, 1.807) is 0 Å². The minimum Gasteiger partial charge on any atom is -0.420 e. The Balaban J connectivity index is 2.86. The van der Waals surface area contributed by atoms with E-state index in [-0.39, 0.29) is 0 Å². The first-order valence-electron chi connectivity index (χ1n) is 3.09. The summed E-state index contributed by atoms with van der Waals surface area (Å²) < 4.78 is 52.4. The van der Waals surface area contributed by atoms with Gasteiger partial charge in [-0.15, -0.1) is 8.78 Å². The second-order valence-corrected chi connectivity index (χ2v) is 2.56. The summed E-state index contributed by atoms with van der Waals surface area (Å²) in [4.78, 5) is 0. The van der Waals surface area contributed by atoms with Crippen LogP contribution in [0.25, 0.3) is 0 Å². The molecule has 0 aliphatic heterocycles. The zero-order chi connectivity index (χ0) is 10.1. The normalized spacial score (nSPS) is 11.5. The number of ether oxygens (including phenoxy) is 1. The van der Waals surface area contributed by atoms with Crippen molar-refractivity contribution >= 4 is 11.6 Å². The number of halogens is 5. The third-order valence-electron chi connectivity index (χ3n) is 1.12. The topological polar surface area (TPSA) is 9.23 Å². The van der Waals surface area contributed by atoms with Crippen LogP contribution < -0.4 is 4.74 Å². The van der Waals surface area contributed by atoms with E-state index in [9.17, 15) is 17.6 Å². The lowest BCUT2D eigenvalue weighted by molar-refractivity contribution is -0.0966. The zero-order valence-electron chi connectivity index (χ0n) is 6.03. The average Bonchev–Trinajstić information content (AvgIpc) is 1.94. The summed E-state index contributed by atoms with van der Waals surface area (Å²) in [5, 5.41) is 0. The fourth-order valence-corrected chi connectivity index (χ4v) is 0.763. The Bertz CT molecular complexity index is 310. The first kappa shape index (κ1) is 10.1. The van der Waals surface area contributed by atoms with E-state index in [1.165, 1.54) is 0 Å². The Kier molecular flexibility index (Phi) is 2.66.